The normalized spacial score (nSPS) is 10.3. The maximum Gasteiger partial charge on any atom is 0.244 e. The van der Waals surface area contributed by atoms with Gasteiger partial charge in [-0.3, -0.25) is 9.59 Å². The van der Waals surface area contributed by atoms with E-state index in [9.17, 15) is 9.59 Å². The number of hydrogen-bond donors (Lipinski definition) is 1. The van der Waals surface area contributed by atoms with Gasteiger partial charge in [0, 0.05) is 17.6 Å². The Kier molecular flexibility index (Phi) is 5.64. The molecule has 120 valence electrons. The van der Waals surface area contributed by atoms with Gasteiger partial charge in [0.25, 0.3) is 0 Å². The Morgan fingerprint density at radius 1 is 1.09 bits per heavy atom. The molecule has 2 rings (SSSR count). The highest BCUT2D eigenvalue weighted by Gasteiger charge is 2.18. The minimum Gasteiger partial charge on any atom is -0.324 e. The van der Waals surface area contributed by atoms with Crippen LogP contribution < -0.4 is 10.2 Å². The monoisotopic (exact) mass is 350 g/mol. The summed E-state index contributed by atoms with van der Waals surface area (Å²) in [6.07, 6.45) is 0. The number of halogens is 2. The molecule has 0 fully saturated rings. The van der Waals surface area contributed by atoms with E-state index in [0.717, 1.165) is 5.56 Å². The van der Waals surface area contributed by atoms with Gasteiger partial charge in [0.1, 0.15) is 6.54 Å². The Hall–Kier alpha value is -2.04. The molecule has 2 aromatic carbocycles. The van der Waals surface area contributed by atoms with E-state index in [2.05, 4.69) is 5.32 Å². The van der Waals surface area contributed by atoms with Crippen molar-refractivity contribution in [2.24, 2.45) is 0 Å². The molecule has 0 bridgehead atoms. The lowest BCUT2D eigenvalue weighted by Gasteiger charge is -2.21. The molecule has 0 saturated carbocycles. The first-order valence-electron chi connectivity index (χ1n) is 6.97. The summed E-state index contributed by atoms with van der Waals surface area (Å²) < 4.78 is 0. The van der Waals surface area contributed by atoms with Crippen molar-refractivity contribution >= 4 is 46.4 Å². The molecular formula is C17H16Cl2N2O2. The summed E-state index contributed by atoms with van der Waals surface area (Å²) in [5.41, 5.74) is 2.00. The van der Waals surface area contributed by atoms with Crippen LogP contribution in [0.25, 0.3) is 0 Å². The highest BCUT2D eigenvalue weighted by atomic mass is 35.5. The van der Waals surface area contributed by atoms with Gasteiger partial charge >= 0.3 is 0 Å². The van der Waals surface area contributed by atoms with E-state index in [1.54, 1.807) is 36.4 Å². The highest BCUT2D eigenvalue weighted by molar-refractivity contribution is 6.34. The van der Waals surface area contributed by atoms with Crippen molar-refractivity contribution in [2.75, 3.05) is 16.8 Å². The van der Waals surface area contributed by atoms with Crippen LogP contribution >= 0.6 is 23.2 Å². The summed E-state index contributed by atoms with van der Waals surface area (Å²) in [4.78, 5) is 25.4. The minimum atomic E-state index is -0.333. The van der Waals surface area contributed by atoms with Crippen molar-refractivity contribution in [3.63, 3.8) is 0 Å². The van der Waals surface area contributed by atoms with Crippen LogP contribution in [0, 0.1) is 6.92 Å². The summed E-state index contributed by atoms with van der Waals surface area (Å²) in [5, 5.41) is 3.70. The lowest BCUT2D eigenvalue weighted by atomic mass is 10.2. The van der Waals surface area contributed by atoms with Gasteiger partial charge in [-0.1, -0.05) is 41.4 Å². The second-order valence-electron chi connectivity index (χ2n) is 5.07. The summed E-state index contributed by atoms with van der Waals surface area (Å²) >= 11 is 12.1. The first kappa shape index (κ1) is 17.3. The Bertz CT molecular complexity index is 747. The molecule has 0 aliphatic carbocycles. The van der Waals surface area contributed by atoms with Crippen molar-refractivity contribution < 1.29 is 9.59 Å². The van der Waals surface area contributed by atoms with E-state index in [0.29, 0.717) is 21.4 Å². The lowest BCUT2D eigenvalue weighted by Crippen LogP contribution is -2.36. The average Bonchev–Trinajstić information content (AvgIpc) is 2.49. The molecule has 4 nitrogen and oxygen atoms in total. The molecule has 0 spiro atoms. The fraction of sp³-hybridized carbons (Fsp3) is 0.176. The number of nitrogens with zero attached hydrogens (tertiary/aromatic N) is 1. The third-order valence-corrected chi connectivity index (χ3v) is 4.01. The van der Waals surface area contributed by atoms with Gasteiger partial charge < -0.3 is 10.2 Å². The first-order valence-corrected chi connectivity index (χ1v) is 7.72. The molecule has 0 aliphatic rings. The number of carbonyl (C=O) groups is 2. The largest absolute Gasteiger partial charge is 0.324 e. The van der Waals surface area contributed by atoms with E-state index in [-0.39, 0.29) is 18.4 Å². The van der Waals surface area contributed by atoms with Crippen molar-refractivity contribution in [2.45, 2.75) is 13.8 Å². The Morgan fingerprint density at radius 2 is 1.78 bits per heavy atom. The molecule has 0 aliphatic heterocycles. The number of rotatable bonds is 4. The third-order valence-electron chi connectivity index (χ3n) is 3.28. The Labute approximate surface area is 145 Å². The van der Waals surface area contributed by atoms with Gasteiger partial charge in [-0.15, -0.1) is 0 Å². The van der Waals surface area contributed by atoms with Gasteiger partial charge in [-0.25, -0.2) is 0 Å². The molecule has 0 saturated heterocycles. The number of benzene rings is 2. The van der Waals surface area contributed by atoms with Crippen molar-refractivity contribution in [1.82, 2.24) is 0 Å². The number of para-hydroxylation sites is 1. The fourth-order valence-corrected chi connectivity index (χ4v) is 2.47. The van der Waals surface area contributed by atoms with Gasteiger partial charge in [0.05, 0.1) is 10.7 Å². The Balaban J connectivity index is 2.14. The van der Waals surface area contributed by atoms with Crippen molar-refractivity contribution in [3.05, 3.63) is 58.1 Å². The zero-order valence-corrected chi connectivity index (χ0v) is 14.3. The van der Waals surface area contributed by atoms with Crippen LogP contribution in [0.15, 0.2) is 42.5 Å². The SMILES string of the molecule is CC(=O)N(CC(=O)Nc1ccc(C)c(Cl)c1)c1ccccc1Cl. The van der Waals surface area contributed by atoms with E-state index in [4.69, 9.17) is 23.2 Å². The van der Waals surface area contributed by atoms with Crippen LogP contribution in [0.2, 0.25) is 10.0 Å². The molecule has 0 radical (unpaired) electrons. The van der Waals surface area contributed by atoms with Gasteiger partial charge in [-0.2, -0.15) is 0 Å². The average molecular weight is 351 g/mol. The summed E-state index contributed by atoms with van der Waals surface area (Å²) in [7, 11) is 0. The van der Waals surface area contributed by atoms with Crippen LogP contribution in [-0.2, 0) is 9.59 Å². The molecule has 23 heavy (non-hydrogen) atoms. The van der Waals surface area contributed by atoms with E-state index < -0.39 is 0 Å². The van der Waals surface area contributed by atoms with Crippen molar-refractivity contribution in [1.29, 1.82) is 0 Å². The third kappa shape index (κ3) is 4.47. The molecule has 0 atom stereocenters. The fourth-order valence-electron chi connectivity index (χ4n) is 2.05. The van der Waals surface area contributed by atoms with Gasteiger partial charge in [0.2, 0.25) is 11.8 Å². The van der Waals surface area contributed by atoms with E-state index >= 15 is 0 Å². The number of anilines is 2. The number of carbonyl (C=O) groups excluding carboxylic acids is 2. The highest BCUT2D eigenvalue weighted by Crippen LogP contribution is 2.25. The second kappa shape index (κ2) is 7.49. The van der Waals surface area contributed by atoms with Crippen LogP contribution in [0.5, 0.6) is 0 Å². The first-order chi connectivity index (χ1) is 10.9. The maximum atomic E-state index is 12.2. The summed E-state index contributed by atoms with van der Waals surface area (Å²) in [5.74, 6) is -0.602. The Morgan fingerprint density at radius 3 is 2.39 bits per heavy atom. The standard InChI is InChI=1S/C17H16Cl2N2O2/c1-11-7-8-13(9-15(11)19)20-17(23)10-21(12(2)22)16-6-4-3-5-14(16)18/h3-9H,10H2,1-2H3,(H,20,23). The van der Waals surface area contributed by atoms with Gasteiger partial charge in [-0.05, 0) is 36.8 Å². The smallest absolute Gasteiger partial charge is 0.244 e. The summed E-state index contributed by atoms with van der Waals surface area (Å²) in [6.45, 7) is 3.13. The second-order valence-corrected chi connectivity index (χ2v) is 5.88. The minimum absolute atomic E-state index is 0.134. The zero-order chi connectivity index (χ0) is 17.0. The van der Waals surface area contributed by atoms with Crippen LogP contribution in [-0.4, -0.2) is 18.4 Å². The maximum absolute atomic E-state index is 12.2. The molecule has 2 amide bonds. The number of nitrogens with one attached hydrogen (secondary N) is 1. The molecular weight excluding hydrogens is 335 g/mol. The number of aryl methyl sites for hydroxylation is 1. The molecule has 0 unspecified atom stereocenters. The number of hydrogen-bond acceptors (Lipinski definition) is 2. The van der Waals surface area contributed by atoms with Crippen LogP contribution in [0.1, 0.15) is 12.5 Å². The number of amides is 2. The molecule has 1 N–H and O–H groups in total. The topological polar surface area (TPSA) is 49.4 Å². The van der Waals surface area contributed by atoms with Crippen molar-refractivity contribution in [3.8, 4) is 0 Å². The quantitative estimate of drug-likeness (QED) is 0.893. The molecule has 0 aromatic heterocycles. The molecule has 0 heterocycles. The predicted molar refractivity (Wildman–Crippen MR) is 94.3 cm³/mol. The zero-order valence-electron chi connectivity index (χ0n) is 12.8. The lowest BCUT2D eigenvalue weighted by molar-refractivity contribution is -0.120. The molecule has 6 heteroatoms. The van der Waals surface area contributed by atoms with Crippen LogP contribution in [0.3, 0.4) is 0 Å². The van der Waals surface area contributed by atoms with Crippen LogP contribution in [0.4, 0.5) is 11.4 Å². The van der Waals surface area contributed by atoms with Gasteiger partial charge in [0.15, 0.2) is 0 Å². The predicted octanol–water partition coefficient (Wildman–Crippen LogP) is 4.29. The summed E-state index contributed by atoms with van der Waals surface area (Å²) in [6, 6.07) is 12.1. The van der Waals surface area contributed by atoms with E-state index in [1.807, 2.05) is 13.0 Å². The van der Waals surface area contributed by atoms with E-state index in [1.165, 1.54) is 11.8 Å². The molecule has 2 aromatic rings.